The zero-order valence-corrected chi connectivity index (χ0v) is 11.3. The summed E-state index contributed by atoms with van der Waals surface area (Å²) >= 11 is 0. The smallest absolute Gasteiger partial charge is 0.228 e. The molecule has 0 atom stereocenters. The summed E-state index contributed by atoms with van der Waals surface area (Å²) in [5.41, 5.74) is 8.44. The summed E-state index contributed by atoms with van der Waals surface area (Å²) in [6.07, 6.45) is 0.294. The highest BCUT2D eigenvalue weighted by molar-refractivity contribution is 5.92. The number of benzene rings is 2. The molecule has 3 nitrogen and oxygen atoms in total. The van der Waals surface area contributed by atoms with Crippen molar-refractivity contribution in [3.63, 3.8) is 0 Å². The second kappa shape index (κ2) is 6.30. The Kier molecular flexibility index (Phi) is 4.48. The third-order valence-corrected chi connectivity index (χ3v) is 3.16. The highest BCUT2D eigenvalue weighted by atomic mass is 19.1. The molecule has 20 heavy (non-hydrogen) atoms. The molecule has 2 aromatic carbocycles. The first-order valence-electron chi connectivity index (χ1n) is 6.43. The van der Waals surface area contributed by atoms with E-state index < -0.39 is 0 Å². The Bertz CT molecular complexity index is 626. The van der Waals surface area contributed by atoms with Crippen molar-refractivity contribution in [2.45, 2.75) is 19.9 Å². The van der Waals surface area contributed by atoms with Crippen LogP contribution in [0.25, 0.3) is 0 Å². The van der Waals surface area contributed by atoms with E-state index in [1.807, 2.05) is 31.2 Å². The van der Waals surface area contributed by atoms with E-state index in [2.05, 4.69) is 5.32 Å². The molecule has 0 saturated carbocycles. The van der Waals surface area contributed by atoms with Crippen LogP contribution in [0.5, 0.6) is 0 Å². The molecule has 104 valence electrons. The molecule has 4 heteroatoms. The van der Waals surface area contributed by atoms with E-state index >= 15 is 0 Å². The summed E-state index contributed by atoms with van der Waals surface area (Å²) in [5.74, 6) is -0.488. The van der Waals surface area contributed by atoms with Crippen molar-refractivity contribution in [2.24, 2.45) is 5.73 Å². The van der Waals surface area contributed by atoms with Crippen LogP contribution in [-0.4, -0.2) is 5.91 Å². The summed E-state index contributed by atoms with van der Waals surface area (Å²) < 4.78 is 13.3. The Morgan fingerprint density at radius 2 is 1.95 bits per heavy atom. The number of hydrogen-bond donors (Lipinski definition) is 2. The minimum Gasteiger partial charge on any atom is -0.326 e. The Morgan fingerprint density at radius 1 is 1.20 bits per heavy atom. The van der Waals surface area contributed by atoms with E-state index in [9.17, 15) is 9.18 Å². The quantitative estimate of drug-likeness (QED) is 0.899. The van der Waals surface area contributed by atoms with Gasteiger partial charge in [-0.25, -0.2) is 4.39 Å². The number of amides is 1. The highest BCUT2D eigenvalue weighted by Crippen LogP contribution is 2.15. The number of anilines is 1. The van der Waals surface area contributed by atoms with E-state index in [4.69, 9.17) is 5.73 Å². The Hall–Kier alpha value is -2.20. The maximum Gasteiger partial charge on any atom is 0.228 e. The average molecular weight is 272 g/mol. The van der Waals surface area contributed by atoms with E-state index in [0.717, 1.165) is 11.1 Å². The third-order valence-electron chi connectivity index (χ3n) is 3.16. The Morgan fingerprint density at radius 3 is 2.65 bits per heavy atom. The number of hydrogen-bond acceptors (Lipinski definition) is 2. The highest BCUT2D eigenvalue weighted by Gasteiger charge is 2.08. The van der Waals surface area contributed by atoms with Gasteiger partial charge in [0.05, 0.1) is 6.42 Å². The number of aryl methyl sites for hydroxylation is 1. The summed E-state index contributed by atoms with van der Waals surface area (Å²) in [5, 5.41) is 2.76. The Balaban J connectivity index is 2.07. The van der Waals surface area contributed by atoms with Crippen LogP contribution in [-0.2, 0) is 17.8 Å². The molecule has 0 fully saturated rings. The molecule has 1 amide bonds. The molecular formula is C16H17FN2O. The zero-order valence-electron chi connectivity index (χ0n) is 11.3. The number of halogens is 1. The average Bonchev–Trinajstić information content (AvgIpc) is 2.43. The number of carbonyl (C=O) groups excluding carboxylic acids is 1. The van der Waals surface area contributed by atoms with Gasteiger partial charge in [-0.15, -0.1) is 0 Å². The first-order valence-corrected chi connectivity index (χ1v) is 6.43. The topological polar surface area (TPSA) is 55.1 Å². The van der Waals surface area contributed by atoms with Crippen molar-refractivity contribution in [1.29, 1.82) is 0 Å². The van der Waals surface area contributed by atoms with Gasteiger partial charge in [-0.2, -0.15) is 0 Å². The lowest BCUT2D eigenvalue weighted by Gasteiger charge is -2.09. The summed E-state index contributed by atoms with van der Waals surface area (Å²) in [4.78, 5) is 12.0. The molecule has 0 aliphatic heterocycles. The minimum atomic E-state index is -0.357. The summed E-state index contributed by atoms with van der Waals surface area (Å²) in [6.45, 7) is 2.07. The molecule has 3 N–H and O–H groups in total. The third kappa shape index (κ3) is 3.42. The first-order chi connectivity index (χ1) is 9.60. The van der Waals surface area contributed by atoms with Crippen LogP contribution >= 0.6 is 0 Å². The zero-order chi connectivity index (χ0) is 14.5. The van der Waals surface area contributed by atoms with Crippen molar-refractivity contribution in [1.82, 2.24) is 0 Å². The molecule has 0 saturated heterocycles. The fraction of sp³-hybridized carbons (Fsp3) is 0.188. The molecule has 0 radical (unpaired) electrons. The van der Waals surface area contributed by atoms with E-state index in [-0.39, 0.29) is 18.3 Å². The molecule has 0 aromatic heterocycles. The van der Waals surface area contributed by atoms with Crippen LogP contribution in [0.3, 0.4) is 0 Å². The van der Waals surface area contributed by atoms with Gasteiger partial charge in [0.15, 0.2) is 0 Å². The standard InChI is InChI=1S/C16H17FN2O/c1-11-4-2-3-5-12(11)9-16(20)19-14-6-7-15(17)13(8-14)10-18/h2-8H,9-10,18H2,1H3,(H,19,20). The normalized spacial score (nSPS) is 10.3. The maximum atomic E-state index is 13.3. The van der Waals surface area contributed by atoms with Crippen molar-refractivity contribution in [3.05, 3.63) is 65.0 Å². The maximum absolute atomic E-state index is 13.3. The van der Waals surface area contributed by atoms with Gasteiger partial charge in [0.1, 0.15) is 5.82 Å². The van der Waals surface area contributed by atoms with Gasteiger partial charge < -0.3 is 11.1 Å². The van der Waals surface area contributed by atoms with E-state index in [0.29, 0.717) is 17.7 Å². The first kappa shape index (κ1) is 14.2. The SMILES string of the molecule is Cc1ccccc1CC(=O)Nc1ccc(F)c(CN)c1. The summed E-state index contributed by atoms with van der Waals surface area (Å²) in [7, 11) is 0. The van der Waals surface area contributed by atoms with Crippen molar-refractivity contribution in [3.8, 4) is 0 Å². The molecule has 0 bridgehead atoms. The lowest BCUT2D eigenvalue weighted by atomic mass is 10.1. The number of nitrogens with one attached hydrogen (secondary N) is 1. The van der Waals surface area contributed by atoms with Crippen molar-refractivity contribution in [2.75, 3.05) is 5.32 Å². The number of carbonyl (C=O) groups is 1. The van der Waals surface area contributed by atoms with Gasteiger partial charge in [0.25, 0.3) is 0 Å². The fourth-order valence-corrected chi connectivity index (χ4v) is 2.00. The predicted molar refractivity (Wildman–Crippen MR) is 77.8 cm³/mol. The van der Waals surface area contributed by atoms with Gasteiger partial charge in [-0.1, -0.05) is 24.3 Å². The van der Waals surface area contributed by atoms with E-state index in [1.54, 1.807) is 6.07 Å². The molecule has 0 heterocycles. The van der Waals surface area contributed by atoms with Crippen LogP contribution < -0.4 is 11.1 Å². The van der Waals surface area contributed by atoms with Crippen LogP contribution in [0.2, 0.25) is 0 Å². The molecule has 0 aliphatic rings. The molecule has 2 aromatic rings. The molecule has 2 rings (SSSR count). The van der Waals surface area contributed by atoms with Gasteiger partial charge in [0, 0.05) is 17.8 Å². The van der Waals surface area contributed by atoms with Gasteiger partial charge in [0.2, 0.25) is 5.91 Å². The van der Waals surface area contributed by atoms with Crippen LogP contribution in [0.1, 0.15) is 16.7 Å². The molecule has 0 aliphatic carbocycles. The largest absolute Gasteiger partial charge is 0.326 e. The van der Waals surface area contributed by atoms with Gasteiger partial charge in [-0.05, 0) is 36.2 Å². The number of rotatable bonds is 4. The van der Waals surface area contributed by atoms with Crippen LogP contribution in [0.4, 0.5) is 10.1 Å². The second-order valence-corrected chi connectivity index (χ2v) is 4.66. The van der Waals surface area contributed by atoms with Crippen LogP contribution in [0, 0.1) is 12.7 Å². The monoisotopic (exact) mass is 272 g/mol. The van der Waals surface area contributed by atoms with Crippen LogP contribution in [0.15, 0.2) is 42.5 Å². The fourth-order valence-electron chi connectivity index (χ4n) is 2.00. The predicted octanol–water partition coefficient (Wildman–Crippen LogP) is 2.77. The van der Waals surface area contributed by atoms with Crippen molar-refractivity contribution >= 4 is 11.6 Å². The van der Waals surface area contributed by atoms with Crippen molar-refractivity contribution < 1.29 is 9.18 Å². The van der Waals surface area contributed by atoms with Gasteiger partial charge >= 0.3 is 0 Å². The molecule has 0 unspecified atom stereocenters. The van der Waals surface area contributed by atoms with Gasteiger partial charge in [-0.3, -0.25) is 4.79 Å². The molecular weight excluding hydrogens is 255 g/mol. The molecule has 0 spiro atoms. The minimum absolute atomic E-state index is 0.105. The second-order valence-electron chi connectivity index (χ2n) is 4.66. The lowest BCUT2D eigenvalue weighted by molar-refractivity contribution is -0.115. The summed E-state index contributed by atoms with van der Waals surface area (Å²) in [6, 6.07) is 12.1. The number of nitrogens with two attached hydrogens (primary N) is 1. The Labute approximate surface area is 117 Å². The lowest BCUT2D eigenvalue weighted by Crippen LogP contribution is -2.15. The van der Waals surface area contributed by atoms with E-state index in [1.165, 1.54) is 12.1 Å².